The minimum absolute atomic E-state index is 0.197. The molecule has 1 atom stereocenters. The van der Waals surface area contributed by atoms with Crippen LogP contribution in [0.3, 0.4) is 0 Å². The number of aliphatic hydroxyl groups excluding tert-OH is 1. The van der Waals surface area contributed by atoms with Gasteiger partial charge in [0.2, 0.25) is 0 Å². The van der Waals surface area contributed by atoms with Crippen LogP contribution in [0.4, 0.5) is 4.79 Å². The van der Waals surface area contributed by atoms with Crippen molar-refractivity contribution in [1.29, 1.82) is 0 Å². The molecular formula is C12H22N2O4. The fourth-order valence-electron chi connectivity index (χ4n) is 2.39. The van der Waals surface area contributed by atoms with Crippen molar-refractivity contribution >= 4 is 12.0 Å². The van der Waals surface area contributed by atoms with E-state index in [1.165, 1.54) is 12.8 Å². The lowest BCUT2D eigenvalue weighted by Crippen LogP contribution is -2.45. The molecule has 2 amide bonds. The maximum Gasteiger partial charge on any atom is 0.334 e. The molecule has 0 aromatic carbocycles. The second-order valence-corrected chi connectivity index (χ2v) is 4.98. The fraction of sp³-hybridized carbons (Fsp3) is 0.833. The van der Waals surface area contributed by atoms with Gasteiger partial charge in [0.15, 0.2) is 6.10 Å². The number of hydrogen-bond acceptors (Lipinski definition) is 3. The van der Waals surface area contributed by atoms with Crippen LogP contribution in [0.1, 0.15) is 39.0 Å². The lowest BCUT2D eigenvalue weighted by molar-refractivity contribution is -0.146. The highest BCUT2D eigenvalue weighted by atomic mass is 16.4. The number of carbonyl (C=O) groups is 2. The average Bonchev–Trinajstić information content (AvgIpc) is 2.82. The Morgan fingerprint density at radius 3 is 2.39 bits per heavy atom. The van der Waals surface area contributed by atoms with E-state index in [2.05, 4.69) is 17.6 Å². The van der Waals surface area contributed by atoms with Gasteiger partial charge < -0.3 is 20.8 Å². The molecule has 0 aromatic rings. The van der Waals surface area contributed by atoms with Gasteiger partial charge in [0.05, 0.1) is 6.54 Å². The summed E-state index contributed by atoms with van der Waals surface area (Å²) in [5.41, 5.74) is 0.197. The summed E-state index contributed by atoms with van der Waals surface area (Å²) in [7, 11) is 0. The summed E-state index contributed by atoms with van der Waals surface area (Å²) in [6.07, 6.45) is 4.14. The first kappa shape index (κ1) is 14.8. The standard InChI is InChI=1S/C12H22N2O4/c1-2-12(5-3-4-6-12)8-14-11(18)13-7-9(15)10(16)17/h9,15H,2-8H2,1H3,(H,16,17)(H2,13,14,18)/t9-/m0/s1. The maximum atomic E-state index is 11.5. The lowest BCUT2D eigenvalue weighted by atomic mass is 9.83. The van der Waals surface area contributed by atoms with Crippen molar-refractivity contribution in [1.82, 2.24) is 10.6 Å². The van der Waals surface area contributed by atoms with Crippen LogP contribution >= 0.6 is 0 Å². The summed E-state index contributed by atoms with van der Waals surface area (Å²) < 4.78 is 0. The van der Waals surface area contributed by atoms with Crippen molar-refractivity contribution in [3.63, 3.8) is 0 Å². The summed E-state index contributed by atoms with van der Waals surface area (Å²) in [6.45, 7) is 2.46. The molecule has 0 bridgehead atoms. The molecule has 0 radical (unpaired) electrons. The van der Waals surface area contributed by atoms with Crippen molar-refractivity contribution in [2.75, 3.05) is 13.1 Å². The number of amides is 2. The second-order valence-electron chi connectivity index (χ2n) is 4.98. The number of carbonyl (C=O) groups excluding carboxylic acids is 1. The molecule has 18 heavy (non-hydrogen) atoms. The minimum atomic E-state index is -1.55. The molecule has 0 unspecified atom stereocenters. The van der Waals surface area contributed by atoms with Crippen LogP contribution < -0.4 is 10.6 Å². The van der Waals surface area contributed by atoms with Gasteiger partial charge >= 0.3 is 12.0 Å². The quantitative estimate of drug-likeness (QED) is 0.563. The predicted molar refractivity (Wildman–Crippen MR) is 66.2 cm³/mol. The number of rotatable bonds is 6. The highest BCUT2D eigenvalue weighted by Crippen LogP contribution is 2.40. The van der Waals surface area contributed by atoms with Crippen LogP contribution in [-0.2, 0) is 4.79 Å². The van der Waals surface area contributed by atoms with E-state index in [1.807, 2.05) is 0 Å². The Kier molecular flexibility index (Phi) is 5.40. The normalized spacial score (nSPS) is 19.2. The molecule has 1 saturated carbocycles. The van der Waals surface area contributed by atoms with Gasteiger partial charge in [-0.15, -0.1) is 0 Å². The number of carboxylic acids is 1. The molecule has 1 aliphatic carbocycles. The zero-order valence-corrected chi connectivity index (χ0v) is 10.7. The number of aliphatic hydroxyl groups is 1. The van der Waals surface area contributed by atoms with Crippen LogP contribution in [0.2, 0.25) is 0 Å². The molecule has 0 aliphatic heterocycles. The van der Waals surface area contributed by atoms with Gasteiger partial charge in [0.1, 0.15) is 0 Å². The monoisotopic (exact) mass is 258 g/mol. The van der Waals surface area contributed by atoms with Crippen LogP contribution in [0.5, 0.6) is 0 Å². The second kappa shape index (κ2) is 6.58. The Morgan fingerprint density at radius 1 is 1.28 bits per heavy atom. The van der Waals surface area contributed by atoms with Crippen molar-refractivity contribution in [3.05, 3.63) is 0 Å². The summed E-state index contributed by atoms with van der Waals surface area (Å²) in [6, 6.07) is -0.421. The van der Waals surface area contributed by atoms with Gasteiger partial charge in [0, 0.05) is 6.54 Å². The number of nitrogens with one attached hydrogen (secondary N) is 2. The van der Waals surface area contributed by atoms with E-state index in [0.717, 1.165) is 19.3 Å². The van der Waals surface area contributed by atoms with E-state index in [-0.39, 0.29) is 12.0 Å². The summed E-state index contributed by atoms with van der Waals surface area (Å²) in [5.74, 6) is -1.34. The Labute approximate surface area is 107 Å². The molecular weight excluding hydrogens is 236 g/mol. The third kappa shape index (κ3) is 4.18. The molecule has 0 heterocycles. The van der Waals surface area contributed by atoms with E-state index in [9.17, 15) is 9.59 Å². The predicted octanol–water partition coefficient (Wildman–Crippen LogP) is 0.701. The number of carboxylic acid groups (broad SMARTS) is 1. The molecule has 0 saturated heterocycles. The number of hydrogen-bond donors (Lipinski definition) is 4. The first-order valence-electron chi connectivity index (χ1n) is 6.42. The minimum Gasteiger partial charge on any atom is -0.479 e. The van der Waals surface area contributed by atoms with Crippen LogP contribution in [-0.4, -0.2) is 41.4 Å². The topological polar surface area (TPSA) is 98.7 Å². The van der Waals surface area contributed by atoms with Crippen LogP contribution in [0, 0.1) is 5.41 Å². The first-order chi connectivity index (χ1) is 8.49. The van der Waals surface area contributed by atoms with Crippen molar-refractivity contribution in [3.8, 4) is 0 Å². The van der Waals surface area contributed by atoms with E-state index >= 15 is 0 Å². The maximum absolute atomic E-state index is 11.5. The number of urea groups is 1. The van der Waals surface area contributed by atoms with E-state index in [4.69, 9.17) is 10.2 Å². The van der Waals surface area contributed by atoms with Gasteiger partial charge in [-0.05, 0) is 24.7 Å². The van der Waals surface area contributed by atoms with Crippen LogP contribution in [0.15, 0.2) is 0 Å². The van der Waals surface area contributed by atoms with E-state index in [0.29, 0.717) is 6.54 Å². The van der Waals surface area contributed by atoms with Crippen molar-refractivity contribution < 1.29 is 19.8 Å². The van der Waals surface area contributed by atoms with Gasteiger partial charge in [-0.2, -0.15) is 0 Å². The summed E-state index contributed by atoms with van der Waals surface area (Å²) >= 11 is 0. The van der Waals surface area contributed by atoms with Gasteiger partial charge in [-0.3, -0.25) is 0 Å². The molecule has 0 spiro atoms. The van der Waals surface area contributed by atoms with E-state index < -0.39 is 18.1 Å². The Balaban J connectivity index is 2.26. The Hall–Kier alpha value is -1.30. The van der Waals surface area contributed by atoms with Gasteiger partial charge in [-0.1, -0.05) is 19.8 Å². The fourth-order valence-corrected chi connectivity index (χ4v) is 2.39. The highest BCUT2D eigenvalue weighted by molar-refractivity contribution is 5.76. The highest BCUT2D eigenvalue weighted by Gasteiger charge is 2.32. The molecule has 6 heteroatoms. The van der Waals surface area contributed by atoms with Gasteiger partial charge in [0.25, 0.3) is 0 Å². The zero-order valence-electron chi connectivity index (χ0n) is 10.7. The third-order valence-electron chi connectivity index (χ3n) is 3.78. The summed E-state index contributed by atoms with van der Waals surface area (Å²) in [4.78, 5) is 21.8. The van der Waals surface area contributed by atoms with E-state index in [1.54, 1.807) is 0 Å². The van der Waals surface area contributed by atoms with Crippen molar-refractivity contribution in [2.45, 2.75) is 45.1 Å². The van der Waals surface area contributed by atoms with Gasteiger partial charge in [-0.25, -0.2) is 9.59 Å². The Morgan fingerprint density at radius 2 is 1.89 bits per heavy atom. The number of aliphatic carboxylic acids is 1. The largest absolute Gasteiger partial charge is 0.479 e. The molecule has 0 aromatic heterocycles. The van der Waals surface area contributed by atoms with Crippen molar-refractivity contribution in [2.24, 2.45) is 5.41 Å². The SMILES string of the molecule is CCC1(CNC(=O)NC[C@H](O)C(=O)O)CCCC1. The lowest BCUT2D eigenvalue weighted by Gasteiger charge is -2.27. The first-order valence-corrected chi connectivity index (χ1v) is 6.42. The summed E-state index contributed by atoms with van der Waals surface area (Å²) in [5, 5.41) is 22.6. The molecule has 6 nitrogen and oxygen atoms in total. The molecule has 104 valence electrons. The molecule has 1 rings (SSSR count). The average molecular weight is 258 g/mol. The Bertz CT molecular complexity index is 300. The smallest absolute Gasteiger partial charge is 0.334 e. The van der Waals surface area contributed by atoms with Crippen LogP contribution in [0.25, 0.3) is 0 Å². The third-order valence-corrected chi connectivity index (χ3v) is 3.78. The zero-order chi connectivity index (χ0) is 13.6. The molecule has 4 N–H and O–H groups in total. The molecule has 1 aliphatic rings. The molecule has 1 fully saturated rings.